The zero-order chi connectivity index (χ0) is 23.9. The molecule has 0 aliphatic rings. The first-order chi connectivity index (χ1) is 15.7. The van der Waals surface area contributed by atoms with Crippen LogP contribution in [0.1, 0.15) is 29.9 Å². The van der Waals surface area contributed by atoms with Crippen molar-refractivity contribution in [3.8, 4) is 11.8 Å². The minimum absolute atomic E-state index is 0.0334. The molecular weight excluding hydrogens is 430 g/mol. The maximum absolute atomic E-state index is 14.0. The van der Waals surface area contributed by atoms with Crippen molar-refractivity contribution in [2.75, 3.05) is 16.8 Å². The van der Waals surface area contributed by atoms with Gasteiger partial charge in [0.25, 0.3) is 5.56 Å². The van der Waals surface area contributed by atoms with Gasteiger partial charge in [0.05, 0.1) is 22.6 Å². The maximum Gasteiger partial charge on any atom is 0.266 e. The van der Waals surface area contributed by atoms with Crippen molar-refractivity contribution in [2.45, 2.75) is 19.9 Å². The van der Waals surface area contributed by atoms with Gasteiger partial charge in [-0.3, -0.25) is 9.36 Å². The molecule has 0 bridgehead atoms. The minimum Gasteiger partial charge on any atom is -0.382 e. The van der Waals surface area contributed by atoms with Crippen LogP contribution >= 0.6 is 0 Å². The van der Waals surface area contributed by atoms with Crippen molar-refractivity contribution in [3.05, 3.63) is 75.3 Å². The van der Waals surface area contributed by atoms with Crippen LogP contribution in [0.4, 0.5) is 26.4 Å². The zero-order valence-electron chi connectivity index (χ0n) is 17.6. The van der Waals surface area contributed by atoms with E-state index in [-0.39, 0.29) is 40.0 Å². The monoisotopic (exact) mass is 448 g/mol. The quantitative estimate of drug-likeness (QED) is 0.431. The number of nitrogens with one attached hydrogen (secondary N) is 1. The molecule has 0 spiro atoms. The van der Waals surface area contributed by atoms with Gasteiger partial charge < -0.3 is 16.8 Å². The fraction of sp³-hybridized carbons (Fsp3) is 0.136. The van der Waals surface area contributed by atoms with E-state index in [1.165, 1.54) is 0 Å². The van der Waals surface area contributed by atoms with E-state index in [0.717, 1.165) is 22.3 Å². The Kier molecular flexibility index (Phi) is 5.35. The summed E-state index contributed by atoms with van der Waals surface area (Å²) in [7, 11) is 0. The van der Waals surface area contributed by atoms with Gasteiger partial charge in [-0.1, -0.05) is 12.1 Å². The number of nitrogen functional groups attached to an aromatic ring is 2. The van der Waals surface area contributed by atoms with Gasteiger partial charge in [0, 0.05) is 6.07 Å². The number of anilines is 3. The number of hydrogen-bond acceptors (Lipinski definition) is 8. The molecule has 11 heteroatoms. The summed E-state index contributed by atoms with van der Waals surface area (Å²) in [5.41, 5.74) is 12.0. The Labute approximate surface area is 186 Å². The second kappa shape index (κ2) is 8.16. The zero-order valence-corrected chi connectivity index (χ0v) is 17.6. The van der Waals surface area contributed by atoms with E-state index in [9.17, 15) is 18.8 Å². The number of rotatable bonds is 4. The summed E-state index contributed by atoms with van der Waals surface area (Å²) in [4.78, 5) is 25.9. The Hall–Kier alpha value is -4.59. The Balaban J connectivity index is 1.98. The van der Waals surface area contributed by atoms with Gasteiger partial charge in [0.1, 0.15) is 34.9 Å². The molecule has 1 atom stereocenters. The standard InChI is InChI=1S/C22H18F2N8O/c1-10-4-3-5-15-17(10)29-20(32(21(15)33)14-7-12(23)6-13(24)8-14)11(2)28-19-16(9-25)18(26)30-22(27)31-19/h3-8,11H,1-2H3,(H5,26,27,28,30,31)/t11-/m0/s1. The van der Waals surface area contributed by atoms with Gasteiger partial charge in [-0.2, -0.15) is 15.2 Å². The molecule has 0 unspecified atom stereocenters. The molecule has 0 amide bonds. The van der Waals surface area contributed by atoms with Gasteiger partial charge in [0.2, 0.25) is 5.95 Å². The Bertz CT molecular complexity index is 1490. The van der Waals surface area contributed by atoms with E-state index in [1.54, 1.807) is 32.0 Å². The lowest BCUT2D eigenvalue weighted by Crippen LogP contribution is -2.28. The number of halogens is 2. The van der Waals surface area contributed by atoms with Crippen LogP contribution in [0.5, 0.6) is 0 Å². The molecule has 2 heterocycles. The molecule has 2 aromatic carbocycles. The Morgan fingerprint density at radius 1 is 1.12 bits per heavy atom. The average molecular weight is 448 g/mol. The van der Waals surface area contributed by atoms with Crippen molar-refractivity contribution in [1.29, 1.82) is 5.26 Å². The second-order valence-corrected chi connectivity index (χ2v) is 7.38. The van der Waals surface area contributed by atoms with E-state index in [1.807, 2.05) is 6.07 Å². The number of benzene rings is 2. The summed E-state index contributed by atoms with van der Waals surface area (Å²) in [5.74, 6) is -1.82. The van der Waals surface area contributed by atoms with Crippen molar-refractivity contribution in [3.63, 3.8) is 0 Å². The first-order valence-corrected chi connectivity index (χ1v) is 9.78. The highest BCUT2D eigenvalue weighted by Crippen LogP contribution is 2.26. The van der Waals surface area contributed by atoms with Crippen LogP contribution in [-0.2, 0) is 0 Å². The molecule has 0 saturated heterocycles. The van der Waals surface area contributed by atoms with Crippen molar-refractivity contribution < 1.29 is 8.78 Å². The number of nitrogens with zero attached hydrogens (tertiary/aromatic N) is 5. The number of aromatic nitrogens is 4. The lowest BCUT2D eigenvalue weighted by atomic mass is 10.1. The number of fused-ring (bicyclic) bond motifs is 1. The van der Waals surface area contributed by atoms with Crippen LogP contribution in [0.25, 0.3) is 16.6 Å². The van der Waals surface area contributed by atoms with Crippen LogP contribution in [0.3, 0.4) is 0 Å². The smallest absolute Gasteiger partial charge is 0.266 e. The molecule has 0 saturated carbocycles. The fourth-order valence-electron chi connectivity index (χ4n) is 3.56. The van der Waals surface area contributed by atoms with Crippen molar-refractivity contribution in [2.24, 2.45) is 0 Å². The molecule has 0 fully saturated rings. The van der Waals surface area contributed by atoms with Gasteiger partial charge in [-0.15, -0.1) is 0 Å². The number of nitrogens with two attached hydrogens (primary N) is 2. The summed E-state index contributed by atoms with van der Waals surface area (Å²) in [6.45, 7) is 3.44. The molecule has 0 radical (unpaired) electrons. The molecule has 4 rings (SSSR count). The van der Waals surface area contributed by atoms with E-state index < -0.39 is 23.2 Å². The molecule has 2 aromatic heterocycles. The Morgan fingerprint density at radius 3 is 2.48 bits per heavy atom. The van der Waals surface area contributed by atoms with Crippen LogP contribution < -0.4 is 22.3 Å². The summed E-state index contributed by atoms with van der Waals surface area (Å²) in [6, 6.07) is 8.99. The topological polar surface area (TPSA) is 149 Å². The third kappa shape index (κ3) is 3.89. The molecule has 33 heavy (non-hydrogen) atoms. The maximum atomic E-state index is 14.0. The minimum atomic E-state index is -0.851. The van der Waals surface area contributed by atoms with Crippen LogP contribution in [0, 0.1) is 29.9 Å². The molecule has 9 nitrogen and oxygen atoms in total. The largest absolute Gasteiger partial charge is 0.382 e. The second-order valence-electron chi connectivity index (χ2n) is 7.38. The third-order valence-electron chi connectivity index (χ3n) is 5.04. The van der Waals surface area contributed by atoms with E-state index in [0.29, 0.717) is 11.6 Å². The Morgan fingerprint density at radius 2 is 1.82 bits per heavy atom. The predicted octanol–water partition coefficient (Wildman–Crippen LogP) is 2.97. The number of aryl methyl sites for hydroxylation is 1. The van der Waals surface area contributed by atoms with E-state index >= 15 is 0 Å². The van der Waals surface area contributed by atoms with Crippen LogP contribution in [0.2, 0.25) is 0 Å². The molecule has 0 aliphatic heterocycles. The lowest BCUT2D eigenvalue weighted by molar-refractivity contribution is 0.579. The molecule has 0 aliphatic carbocycles. The van der Waals surface area contributed by atoms with Crippen LogP contribution in [0.15, 0.2) is 41.2 Å². The highest BCUT2D eigenvalue weighted by Gasteiger charge is 2.22. The van der Waals surface area contributed by atoms with E-state index in [4.69, 9.17) is 11.5 Å². The average Bonchev–Trinajstić information content (AvgIpc) is 2.73. The number of nitriles is 1. The molecule has 166 valence electrons. The summed E-state index contributed by atoms with van der Waals surface area (Å²) in [5, 5.41) is 12.7. The lowest BCUT2D eigenvalue weighted by Gasteiger charge is -2.21. The molecule has 5 N–H and O–H groups in total. The SMILES string of the molecule is Cc1cccc2c(=O)n(-c3cc(F)cc(F)c3)c([C@H](C)Nc3nc(N)nc(N)c3C#N)nc12. The predicted molar refractivity (Wildman–Crippen MR) is 120 cm³/mol. The number of hydrogen-bond donors (Lipinski definition) is 3. The fourth-order valence-corrected chi connectivity index (χ4v) is 3.56. The van der Waals surface area contributed by atoms with Crippen molar-refractivity contribution in [1.82, 2.24) is 19.5 Å². The van der Waals surface area contributed by atoms with Crippen molar-refractivity contribution >= 4 is 28.5 Å². The normalized spacial score (nSPS) is 11.8. The highest BCUT2D eigenvalue weighted by atomic mass is 19.1. The van der Waals surface area contributed by atoms with Gasteiger partial charge >= 0.3 is 0 Å². The summed E-state index contributed by atoms with van der Waals surface area (Å²) in [6.07, 6.45) is 0. The van der Waals surface area contributed by atoms with Gasteiger partial charge in [-0.05, 0) is 37.6 Å². The first-order valence-electron chi connectivity index (χ1n) is 9.78. The molecule has 4 aromatic rings. The van der Waals surface area contributed by atoms with Crippen LogP contribution in [-0.4, -0.2) is 19.5 Å². The number of para-hydroxylation sites is 1. The molecular formula is C22H18F2N8O. The third-order valence-corrected chi connectivity index (χ3v) is 5.04. The van der Waals surface area contributed by atoms with Gasteiger partial charge in [-0.25, -0.2) is 13.8 Å². The highest BCUT2D eigenvalue weighted by molar-refractivity contribution is 5.81. The first kappa shape index (κ1) is 21.6. The van der Waals surface area contributed by atoms with E-state index in [2.05, 4.69) is 20.3 Å². The van der Waals surface area contributed by atoms with Gasteiger partial charge in [0.15, 0.2) is 5.82 Å². The summed E-state index contributed by atoms with van der Waals surface area (Å²) < 4.78 is 29.2. The summed E-state index contributed by atoms with van der Waals surface area (Å²) >= 11 is 0.